The number of halogens is 5. The highest BCUT2D eigenvalue weighted by molar-refractivity contribution is 6.35. The Balaban J connectivity index is 1.98. The zero-order valence-electron chi connectivity index (χ0n) is 15.5. The summed E-state index contributed by atoms with van der Waals surface area (Å²) in [5, 5.41) is 4.81. The molecule has 0 unspecified atom stereocenters. The van der Waals surface area contributed by atoms with Crippen LogP contribution in [0.5, 0.6) is 0 Å². The minimum absolute atomic E-state index is 0.00713. The van der Waals surface area contributed by atoms with Gasteiger partial charge < -0.3 is 0 Å². The number of amides is 1. The maximum Gasteiger partial charge on any atom is 0.433 e. The standard InChI is InChI=1S/C18H16Cl2F3N5O/c1-17(2,3)12-7-14-24-13(18(21,22)23)8-15(28(14)27-12)25-26-16(29)9-4-10(19)6-11(20)5-9/h4-8,25H,1-3H3,(H,26,29). The first-order chi connectivity index (χ1) is 13.3. The van der Waals surface area contributed by atoms with Crippen molar-refractivity contribution >= 4 is 40.6 Å². The molecular weight excluding hydrogens is 430 g/mol. The fourth-order valence-electron chi connectivity index (χ4n) is 2.45. The van der Waals surface area contributed by atoms with Crippen molar-refractivity contribution < 1.29 is 18.0 Å². The fraction of sp³-hybridized carbons (Fsp3) is 0.278. The third-order valence-electron chi connectivity index (χ3n) is 3.91. The highest BCUT2D eigenvalue weighted by Crippen LogP contribution is 2.31. The Morgan fingerprint density at radius 1 is 1.00 bits per heavy atom. The molecule has 0 saturated carbocycles. The number of aromatic nitrogens is 3. The number of benzene rings is 1. The van der Waals surface area contributed by atoms with E-state index in [-0.39, 0.29) is 27.1 Å². The molecule has 3 aromatic rings. The largest absolute Gasteiger partial charge is 0.433 e. The molecule has 154 valence electrons. The molecule has 0 radical (unpaired) electrons. The third kappa shape index (κ3) is 4.73. The number of carbonyl (C=O) groups is 1. The van der Waals surface area contributed by atoms with Crippen molar-refractivity contribution in [3.05, 3.63) is 57.3 Å². The van der Waals surface area contributed by atoms with Crippen LogP contribution >= 0.6 is 23.2 Å². The van der Waals surface area contributed by atoms with Crippen molar-refractivity contribution in [3.8, 4) is 0 Å². The quantitative estimate of drug-likeness (QED) is 0.549. The summed E-state index contributed by atoms with van der Waals surface area (Å²) in [6.45, 7) is 5.62. The van der Waals surface area contributed by atoms with Gasteiger partial charge in [0.1, 0.15) is 0 Å². The second kappa shape index (κ2) is 7.38. The number of rotatable bonds is 3. The van der Waals surface area contributed by atoms with Gasteiger partial charge in [0.2, 0.25) is 0 Å². The first kappa shape index (κ1) is 21.2. The number of alkyl halides is 3. The summed E-state index contributed by atoms with van der Waals surface area (Å²) in [7, 11) is 0. The minimum Gasteiger partial charge on any atom is -0.281 e. The first-order valence-corrected chi connectivity index (χ1v) is 9.11. The highest BCUT2D eigenvalue weighted by Gasteiger charge is 2.34. The van der Waals surface area contributed by atoms with Gasteiger partial charge in [0.05, 0.1) is 5.69 Å². The van der Waals surface area contributed by atoms with E-state index in [1.165, 1.54) is 28.8 Å². The van der Waals surface area contributed by atoms with Crippen molar-refractivity contribution in [3.63, 3.8) is 0 Å². The molecule has 0 aliphatic rings. The van der Waals surface area contributed by atoms with Crippen molar-refractivity contribution in [2.75, 3.05) is 5.43 Å². The van der Waals surface area contributed by atoms with E-state index in [0.29, 0.717) is 5.69 Å². The number of anilines is 1. The molecule has 29 heavy (non-hydrogen) atoms. The molecule has 0 spiro atoms. The van der Waals surface area contributed by atoms with E-state index in [1.807, 2.05) is 20.8 Å². The van der Waals surface area contributed by atoms with E-state index in [4.69, 9.17) is 23.2 Å². The van der Waals surface area contributed by atoms with Gasteiger partial charge in [-0.05, 0) is 18.2 Å². The second-order valence-electron chi connectivity index (χ2n) is 7.31. The second-order valence-corrected chi connectivity index (χ2v) is 8.18. The van der Waals surface area contributed by atoms with Crippen molar-refractivity contribution in [2.45, 2.75) is 32.4 Å². The Labute approximate surface area is 174 Å². The zero-order chi connectivity index (χ0) is 21.6. The van der Waals surface area contributed by atoms with Gasteiger partial charge in [0.25, 0.3) is 5.91 Å². The molecule has 0 aliphatic carbocycles. The molecule has 3 rings (SSSR count). The number of fused-ring (bicyclic) bond motifs is 1. The van der Waals surface area contributed by atoms with Crippen molar-refractivity contribution in [1.82, 2.24) is 20.0 Å². The molecule has 1 aromatic carbocycles. The van der Waals surface area contributed by atoms with Gasteiger partial charge in [0.15, 0.2) is 17.2 Å². The SMILES string of the molecule is CC(C)(C)c1cc2nc(C(F)(F)F)cc(NNC(=O)c3cc(Cl)cc(Cl)c3)n2n1. The van der Waals surface area contributed by atoms with Crippen LogP contribution in [0.4, 0.5) is 19.0 Å². The molecule has 0 saturated heterocycles. The lowest BCUT2D eigenvalue weighted by atomic mass is 9.93. The van der Waals surface area contributed by atoms with Crippen LogP contribution in [0.2, 0.25) is 10.0 Å². The summed E-state index contributed by atoms with van der Waals surface area (Å²) in [6, 6.07) is 6.43. The molecule has 0 aliphatic heterocycles. The van der Waals surface area contributed by atoms with E-state index in [2.05, 4.69) is 20.9 Å². The zero-order valence-corrected chi connectivity index (χ0v) is 17.0. The average molecular weight is 446 g/mol. The number of hydrazine groups is 1. The first-order valence-electron chi connectivity index (χ1n) is 8.35. The molecule has 6 nitrogen and oxygen atoms in total. The lowest BCUT2D eigenvalue weighted by Gasteiger charge is -2.14. The lowest BCUT2D eigenvalue weighted by molar-refractivity contribution is -0.141. The van der Waals surface area contributed by atoms with Crippen LogP contribution in [0, 0.1) is 0 Å². The van der Waals surface area contributed by atoms with E-state index in [1.54, 1.807) is 0 Å². The summed E-state index contributed by atoms with van der Waals surface area (Å²) in [6.07, 6.45) is -4.67. The Morgan fingerprint density at radius 3 is 2.17 bits per heavy atom. The van der Waals surface area contributed by atoms with Gasteiger partial charge in [-0.3, -0.25) is 15.6 Å². The molecule has 2 N–H and O–H groups in total. The monoisotopic (exact) mass is 445 g/mol. The van der Waals surface area contributed by atoms with Crippen LogP contribution in [-0.2, 0) is 11.6 Å². The van der Waals surface area contributed by atoms with Gasteiger partial charge >= 0.3 is 6.18 Å². The number of hydrogen-bond donors (Lipinski definition) is 2. The van der Waals surface area contributed by atoms with Crippen LogP contribution in [0.15, 0.2) is 30.3 Å². The summed E-state index contributed by atoms with van der Waals surface area (Å²) in [5.74, 6) is -0.754. The lowest BCUT2D eigenvalue weighted by Crippen LogP contribution is -2.31. The van der Waals surface area contributed by atoms with E-state index >= 15 is 0 Å². The maximum atomic E-state index is 13.3. The number of nitrogens with zero attached hydrogens (tertiary/aromatic N) is 3. The predicted octanol–water partition coefficient (Wildman–Crippen LogP) is 5.11. The van der Waals surface area contributed by atoms with Gasteiger partial charge in [-0.1, -0.05) is 44.0 Å². The molecule has 0 fully saturated rings. The fourth-order valence-corrected chi connectivity index (χ4v) is 2.98. The van der Waals surface area contributed by atoms with Crippen LogP contribution in [0.1, 0.15) is 42.5 Å². The van der Waals surface area contributed by atoms with Crippen LogP contribution in [-0.4, -0.2) is 20.5 Å². The molecule has 2 heterocycles. The predicted molar refractivity (Wildman–Crippen MR) is 104 cm³/mol. The number of carbonyl (C=O) groups excluding carboxylic acids is 1. The Kier molecular flexibility index (Phi) is 5.40. The number of hydrogen-bond acceptors (Lipinski definition) is 4. The van der Waals surface area contributed by atoms with Crippen molar-refractivity contribution in [1.29, 1.82) is 0 Å². The minimum atomic E-state index is -4.67. The smallest absolute Gasteiger partial charge is 0.281 e. The number of nitrogens with one attached hydrogen (secondary N) is 2. The van der Waals surface area contributed by atoms with Gasteiger partial charge in [-0.15, -0.1) is 0 Å². The topological polar surface area (TPSA) is 71.3 Å². The van der Waals surface area contributed by atoms with E-state index in [9.17, 15) is 18.0 Å². The molecule has 0 bridgehead atoms. The van der Waals surface area contributed by atoms with E-state index < -0.39 is 23.2 Å². The molecule has 1 amide bonds. The molecular formula is C18H16Cl2F3N5O. The maximum absolute atomic E-state index is 13.3. The third-order valence-corrected chi connectivity index (χ3v) is 4.35. The average Bonchev–Trinajstić information content (AvgIpc) is 3.02. The van der Waals surface area contributed by atoms with Crippen LogP contribution < -0.4 is 10.9 Å². The van der Waals surface area contributed by atoms with Gasteiger partial charge in [0, 0.05) is 33.2 Å². The van der Waals surface area contributed by atoms with Crippen molar-refractivity contribution in [2.24, 2.45) is 0 Å². The van der Waals surface area contributed by atoms with Gasteiger partial charge in [-0.2, -0.15) is 22.8 Å². The normalized spacial score (nSPS) is 12.3. The van der Waals surface area contributed by atoms with Gasteiger partial charge in [-0.25, -0.2) is 4.98 Å². The summed E-state index contributed by atoms with van der Waals surface area (Å²) in [5.41, 5.74) is 3.94. The Bertz CT molecular complexity index is 1070. The van der Waals surface area contributed by atoms with Crippen LogP contribution in [0.25, 0.3) is 5.65 Å². The highest BCUT2D eigenvalue weighted by atomic mass is 35.5. The molecule has 2 aromatic heterocycles. The molecule has 11 heteroatoms. The molecule has 0 atom stereocenters. The Morgan fingerprint density at radius 2 is 1.62 bits per heavy atom. The summed E-state index contributed by atoms with van der Waals surface area (Å²) < 4.78 is 41.0. The summed E-state index contributed by atoms with van der Waals surface area (Å²) in [4.78, 5) is 16.0. The van der Waals surface area contributed by atoms with Crippen LogP contribution in [0.3, 0.4) is 0 Å². The van der Waals surface area contributed by atoms with E-state index in [0.717, 1.165) is 6.07 Å². The Hall–Kier alpha value is -2.52. The summed E-state index contributed by atoms with van der Waals surface area (Å²) >= 11 is 11.7.